The minimum Gasteiger partial charge on any atom is -0.493 e. The van der Waals surface area contributed by atoms with Crippen LogP contribution in [-0.4, -0.2) is 19.8 Å². The molecule has 3 nitrogen and oxygen atoms in total. The van der Waals surface area contributed by atoms with Crippen molar-refractivity contribution in [3.8, 4) is 11.5 Å². The maximum absolute atomic E-state index is 5.87. The molecule has 0 aliphatic rings. The Labute approximate surface area is 104 Å². The Morgan fingerprint density at radius 2 is 1.82 bits per heavy atom. The van der Waals surface area contributed by atoms with Crippen molar-refractivity contribution in [2.24, 2.45) is 5.73 Å². The number of ether oxygens (including phenoxy) is 2. The second kappa shape index (κ2) is 6.50. The summed E-state index contributed by atoms with van der Waals surface area (Å²) in [5.41, 5.74) is 8.41. The van der Waals surface area contributed by atoms with E-state index in [1.807, 2.05) is 13.8 Å². The van der Waals surface area contributed by atoms with Gasteiger partial charge in [0.1, 0.15) is 0 Å². The Bertz CT molecular complexity index is 361. The molecule has 0 saturated carbocycles. The van der Waals surface area contributed by atoms with Crippen molar-refractivity contribution in [2.75, 3.05) is 13.7 Å². The summed E-state index contributed by atoms with van der Waals surface area (Å²) in [6, 6.07) is 4.27. The number of methoxy groups -OCH3 is 1. The Hall–Kier alpha value is -1.22. The molecule has 1 unspecified atom stereocenters. The molecule has 0 heterocycles. The minimum atomic E-state index is 0.156. The number of rotatable bonds is 6. The van der Waals surface area contributed by atoms with Gasteiger partial charge in [-0.3, -0.25) is 0 Å². The van der Waals surface area contributed by atoms with Gasteiger partial charge in [-0.25, -0.2) is 0 Å². The largest absolute Gasteiger partial charge is 0.493 e. The summed E-state index contributed by atoms with van der Waals surface area (Å²) in [4.78, 5) is 0. The second-order valence-electron chi connectivity index (χ2n) is 4.24. The van der Waals surface area contributed by atoms with Gasteiger partial charge in [-0.1, -0.05) is 6.92 Å². The number of hydrogen-bond acceptors (Lipinski definition) is 3. The Balaban J connectivity index is 3.13. The first-order chi connectivity index (χ1) is 8.12. The lowest BCUT2D eigenvalue weighted by Crippen LogP contribution is -2.18. The maximum Gasteiger partial charge on any atom is 0.161 e. The Morgan fingerprint density at radius 1 is 1.18 bits per heavy atom. The monoisotopic (exact) mass is 237 g/mol. The van der Waals surface area contributed by atoms with Crippen LogP contribution in [0.4, 0.5) is 0 Å². The molecule has 1 atom stereocenters. The predicted molar refractivity (Wildman–Crippen MR) is 70.9 cm³/mol. The molecule has 0 fully saturated rings. The highest BCUT2D eigenvalue weighted by Crippen LogP contribution is 2.31. The summed E-state index contributed by atoms with van der Waals surface area (Å²) in [6.07, 6.45) is 1.85. The first kappa shape index (κ1) is 13.8. The normalized spacial score (nSPS) is 12.3. The third kappa shape index (κ3) is 3.63. The van der Waals surface area contributed by atoms with E-state index in [2.05, 4.69) is 19.1 Å². The third-order valence-corrected chi connectivity index (χ3v) is 2.71. The van der Waals surface area contributed by atoms with Gasteiger partial charge in [-0.2, -0.15) is 0 Å². The van der Waals surface area contributed by atoms with Gasteiger partial charge in [0, 0.05) is 6.04 Å². The average molecular weight is 237 g/mol. The molecular formula is C14H23NO2. The first-order valence-corrected chi connectivity index (χ1v) is 6.20. The third-order valence-electron chi connectivity index (χ3n) is 2.71. The number of hydrogen-bond donors (Lipinski definition) is 1. The van der Waals surface area contributed by atoms with Crippen molar-refractivity contribution in [1.29, 1.82) is 0 Å². The number of aryl methyl sites for hydroxylation is 1. The van der Waals surface area contributed by atoms with Crippen molar-refractivity contribution in [3.63, 3.8) is 0 Å². The zero-order valence-electron chi connectivity index (χ0n) is 11.2. The molecule has 17 heavy (non-hydrogen) atoms. The topological polar surface area (TPSA) is 44.5 Å². The van der Waals surface area contributed by atoms with Gasteiger partial charge < -0.3 is 15.2 Å². The van der Waals surface area contributed by atoms with E-state index in [1.54, 1.807) is 7.11 Å². The van der Waals surface area contributed by atoms with Crippen molar-refractivity contribution in [2.45, 2.75) is 39.7 Å². The van der Waals surface area contributed by atoms with Crippen LogP contribution in [-0.2, 0) is 12.8 Å². The van der Waals surface area contributed by atoms with E-state index >= 15 is 0 Å². The average Bonchev–Trinajstić information content (AvgIpc) is 2.29. The second-order valence-corrected chi connectivity index (χ2v) is 4.24. The van der Waals surface area contributed by atoms with E-state index in [1.165, 1.54) is 11.1 Å². The van der Waals surface area contributed by atoms with Gasteiger partial charge in [0.25, 0.3) is 0 Å². The number of benzene rings is 1. The molecule has 0 bridgehead atoms. The van der Waals surface area contributed by atoms with Crippen LogP contribution >= 0.6 is 0 Å². The van der Waals surface area contributed by atoms with E-state index in [9.17, 15) is 0 Å². The summed E-state index contributed by atoms with van der Waals surface area (Å²) in [6.45, 7) is 6.77. The molecule has 1 aromatic rings. The quantitative estimate of drug-likeness (QED) is 0.827. The predicted octanol–water partition coefficient (Wildman–Crippen LogP) is 2.55. The van der Waals surface area contributed by atoms with Crippen LogP contribution in [0.2, 0.25) is 0 Å². The van der Waals surface area contributed by atoms with E-state index in [0.29, 0.717) is 6.61 Å². The van der Waals surface area contributed by atoms with Gasteiger partial charge in [0.05, 0.1) is 13.7 Å². The van der Waals surface area contributed by atoms with Crippen molar-refractivity contribution in [3.05, 3.63) is 23.3 Å². The SMILES string of the molecule is CCOc1cc(CC(C)N)c(CC)cc1OC. The molecular weight excluding hydrogens is 214 g/mol. The summed E-state index contributed by atoms with van der Waals surface area (Å²) in [5, 5.41) is 0. The summed E-state index contributed by atoms with van der Waals surface area (Å²) >= 11 is 0. The van der Waals surface area contributed by atoms with Gasteiger partial charge in [0.15, 0.2) is 11.5 Å². The molecule has 2 N–H and O–H groups in total. The van der Waals surface area contributed by atoms with Crippen LogP contribution < -0.4 is 15.2 Å². The van der Waals surface area contributed by atoms with E-state index in [4.69, 9.17) is 15.2 Å². The van der Waals surface area contributed by atoms with Crippen LogP contribution in [0.1, 0.15) is 31.9 Å². The molecule has 1 rings (SSSR count). The summed E-state index contributed by atoms with van der Waals surface area (Å²) in [7, 11) is 1.67. The molecule has 0 aliphatic carbocycles. The smallest absolute Gasteiger partial charge is 0.161 e. The Morgan fingerprint density at radius 3 is 2.29 bits per heavy atom. The lowest BCUT2D eigenvalue weighted by molar-refractivity contribution is 0.310. The Kier molecular flexibility index (Phi) is 5.29. The van der Waals surface area contributed by atoms with Crippen LogP contribution in [0.15, 0.2) is 12.1 Å². The lowest BCUT2D eigenvalue weighted by Gasteiger charge is -2.16. The molecule has 0 aliphatic heterocycles. The molecule has 0 saturated heterocycles. The van der Waals surface area contributed by atoms with E-state index in [-0.39, 0.29) is 6.04 Å². The zero-order chi connectivity index (χ0) is 12.8. The van der Waals surface area contributed by atoms with Gasteiger partial charge in [-0.05, 0) is 49.9 Å². The van der Waals surface area contributed by atoms with E-state index < -0.39 is 0 Å². The molecule has 1 aromatic carbocycles. The van der Waals surface area contributed by atoms with Gasteiger partial charge in [-0.15, -0.1) is 0 Å². The fourth-order valence-electron chi connectivity index (χ4n) is 1.94. The van der Waals surface area contributed by atoms with Crippen LogP contribution in [0, 0.1) is 0 Å². The highest BCUT2D eigenvalue weighted by molar-refractivity contribution is 5.47. The van der Waals surface area contributed by atoms with Crippen LogP contribution in [0.25, 0.3) is 0 Å². The fourth-order valence-corrected chi connectivity index (χ4v) is 1.94. The molecule has 3 heteroatoms. The molecule has 0 amide bonds. The van der Waals surface area contributed by atoms with Crippen molar-refractivity contribution in [1.82, 2.24) is 0 Å². The highest BCUT2D eigenvalue weighted by Gasteiger charge is 2.11. The first-order valence-electron chi connectivity index (χ1n) is 6.20. The lowest BCUT2D eigenvalue weighted by atomic mass is 9.98. The standard InChI is InChI=1S/C14H23NO2/c1-5-11-8-13(16-4)14(17-6-2)9-12(11)7-10(3)15/h8-10H,5-7,15H2,1-4H3. The molecule has 96 valence electrons. The van der Waals surface area contributed by atoms with Gasteiger partial charge >= 0.3 is 0 Å². The fraction of sp³-hybridized carbons (Fsp3) is 0.571. The molecule has 0 spiro atoms. The summed E-state index contributed by atoms with van der Waals surface area (Å²) in [5.74, 6) is 1.61. The molecule has 0 radical (unpaired) electrons. The molecule has 0 aromatic heterocycles. The minimum absolute atomic E-state index is 0.156. The number of nitrogens with two attached hydrogens (primary N) is 1. The van der Waals surface area contributed by atoms with Gasteiger partial charge in [0.2, 0.25) is 0 Å². The summed E-state index contributed by atoms with van der Waals surface area (Å²) < 4.78 is 10.9. The van der Waals surface area contributed by atoms with Crippen LogP contribution in [0.5, 0.6) is 11.5 Å². The maximum atomic E-state index is 5.87. The van der Waals surface area contributed by atoms with Crippen molar-refractivity contribution >= 4 is 0 Å². The van der Waals surface area contributed by atoms with Crippen molar-refractivity contribution < 1.29 is 9.47 Å². The zero-order valence-corrected chi connectivity index (χ0v) is 11.2. The van der Waals surface area contributed by atoms with Crippen LogP contribution in [0.3, 0.4) is 0 Å². The highest BCUT2D eigenvalue weighted by atomic mass is 16.5. The van der Waals surface area contributed by atoms with E-state index in [0.717, 1.165) is 24.3 Å².